The zero-order chi connectivity index (χ0) is 15.4. The second kappa shape index (κ2) is 7.09. The van der Waals surface area contributed by atoms with Crippen molar-refractivity contribution >= 4 is 0 Å². The predicted molar refractivity (Wildman–Crippen MR) is 75.9 cm³/mol. The molecule has 0 bridgehead atoms. The van der Waals surface area contributed by atoms with E-state index in [2.05, 4.69) is 37.9 Å². The van der Waals surface area contributed by atoms with E-state index >= 15 is 0 Å². The molecule has 120 valence electrons. The molecule has 1 rings (SSSR count). The van der Waals surface area contributed by atoms with Gasteiger partial charge >= 0.3 is 6.18 Å². The molecular formula is C14H28F3N3. The van der Waals surface area contributed by atoms with Crippen LogP contribution in [-0.4, -0.2) is 66.8 Å². The highest BCUT2D eigenvalue weighted by Gasteiger charge is 2.32. The third-order valence-electron chi connectivity index (χ3n) is 3.65. The molecule has 1 aliphatic rings. The smallest absolute Gasteiger partial charge is 0.312 e. The molecule has 0 radical (unpaired) electrons. The summed E-state index contributed by atoms with van der Waals surface area (Å²) in [6.07, 6.45) is -3.05. The first kappa shape index (κ1) is 17.7. The zero-order valence-electron chi connectivity index (χ0n) is 13.1. The highest BCUT2D eigenvalue weighted by molar-refractivity contribution is 4.79. The number of rotatable bonds is 5. The van der Waals surface area contributed by atoms with Crippen LogP contribution in [0.15, 0.2) is 0 Å². The molecule has 0 saturated carbocycles. The second-order valence-electron chi connectivity index (χ2n) is 6.74. The van der Waals surface area contributed by atoms with E-state index in [1.165, 1.54) is 4.90 Å². The van der Waals surface area contributed by atoms with Crippen LogP contribution in [0.25, 0.3) is 0 Å². The van der Waals surface area contributed by atoms with E-state index in [9.17, 15) is 13.2 Å². The van der Waals surface area contributed by atoms with Crippen molar-refractivity contribution in [2.75, 3.05) is 39.3 Å². The number of hydrogen-bond donors (Lipinski definition) is 1. The molecular weight excluding hydrogens is 267 g/mol. The lowest BCUT2D eigenvalue weighted by molar-refractivity contribution is -0.149. The standard InChI is InChI=1S/C14H28F3N3/c1-12(5-6-18-13(2,3)4)20-9-7-19(8-10-20)11-14(15,16)17/h12,18H,5-11H2,1-4H3. The fraction of sp³-hybridized carbons (Fsp3) is 1.00. The van der Waals surface area contributed by atoms with Gasteiger partial charge in [-0.05, 0) is 40.7 Å². The van der Waals surface area contributed by atoms with Crippen LogP contribution < -0.4 is 5.32 Å². The fourth-order valence-corrected chi connectivity index (χ4v) is 2.45. The van der Waals surface area contributed by atoms with Gasteiger partial charge in [0.15, 0.2) is 0 Å². The first-order chi connectivity index (χ1) is 9.07. The van der Waals surface area contributed by atoms with Gasteiger partial charge < -0.3 is 5.32 Å². The van der Waals surface area contributed by atoms with Crippen molar-refractivity contribution in [3.63, 3.8) is 0 Å². The molecule has 0 aromatic heterocycles. The number of alkyl halides is 3. The summed E-state index contributed by atoms with van der Waals surface area (Å²) in [6, 6.07) is 0.415. The van der Waals surface area contributed by atoms with Gasteiger partial charge in [-0.1, -0.05) is 0 Å². The number of halogens is 3. The lowest BCUT2D eigenvalue weighted by Gasteiger charge is -2.38. The summed E-state index contributed by atoms with van der Waals surface area (Å²) in [7, 11) is 0. The Balaban J connectivity index is 2.23. The number of hydrogen-bond acceptors (Lipinski definition) is 3. The average Bonchev–Trinajstić information content (AvgIpc) is 2.25. The van der Waals surface area contributed by atoms with Crippen LogP contribution in [0.5, 0.6) is 0 Å². The van der Waals surface area contributed by atoms with Crippen LogP contribution in [-0.2, 0) is 0 Å². The van der Waals surface area contributed by atoms with Crippen LogP contribution in [0.2, 0.25) is 0 Å². The number of nitrogens with zero attached hydrogens (tertiary/aromatic N) is 2. The van der Waals surface area contributed by atoms with Crippen LogP contribution in [0.3, 0.4) is 0 Å². The predicted octanol–water partition coefficient (Wildman–Crippen LogP) is 2.33. The number of piperazine rings is 1. The van der Waals surface area contributed by atoms with Gasteiger partial charge in [-0.15, -0.1) is 0 Å². The normalized spacial score (nSPS) is 21.1. The molecule has 6 heteroatoms. The van der Waals surface area contributed by atoms with E-state index in [1.807, 2.05) is 0 Å². The maximum atomic E-state index is 12.3. The van der Waals surface area contributed by atoms with Gasteiger partial charge in [0.2, 0.25) is 0 Å². The Morgan fingerprint density at radius 1 is 1.05 bits per heavy atom. The second-order valence-corrected chi connectivity index (χ2v) is 6.74. The molecule has 0 aromatic rings. The van der Waals surface area contributed by atoms with Crippen LogP contribution >= 0.6 is 0 Å². The van der Waals surface area contributed by atoms with E-state index in [-0.39, 0.29) is 5.54 Å². The first-order valence-electron chi connectivity index (χ1n) is 7.35. The lowest BCUT2D eigenvalue weighted by atomic mass is 10.1. The van der Waals surface area contributed by atoms with E-state index in [1.54, 1.807) is 0 Å². The molecule has 0 amide bonds. The summed E-state index contributed by atoms with van der Waals surface area (Å²) in [5.74, 6) is 0. The molecule has 1 unspecified atom stereocenters. The molecule has 1 atom stereocenters. The van der Waals surface area contributed by atoms with Gasteiger partial charge in [-0.25, -0.2) is 0 Å². The summed E-state index contributed by atoms with van der Waals surface area (Å²) < 4.78 is 36.9. The van der Waals surface area contributed by atoms with Crippen LogP contribution in [0.4, 0.5) is 13.2 Å². The van der Waals surface area contributed by atoms with Crippen molar-refractivity contribution in [3.05, 3.63) is 0 Å². The molecule has 1 N–H and O–H groups in total. The van der Waals surface area contributed by atoms with Crippen molar-refractivity contribution in [1.29, 1.82) is 0 Å². The topological polar surface area (TPSA) is 18.5 Å². The van der Waals surface area contributed by atoms with Gasteiger partial charge in [-0.2, -0.15) is 13.2 Å². The molecule has 3 nitrogen and oxygen atoms in total. The Labute approximate surface area is 120 Å². The fourth-order valence-electron chi connectivity index (χ4n) is 2.45. The summed E-state index contributed by atoms with van der Waals surface area (Å²) in [6.45, 7) is 11.2. The molecule has 1 heterocycles. The minimum Gasteiger partial charge on any atom is -0.312 e. The average molecular weight is 295 g/mol. The molecule has 0 aromatic carbocycles. The zero-order valence-corrected chi connectivity index (χ0v) is 13.1. The third kappa shape index (κ3) is 7.45. The maximum Gasteiger partial charge on any atom is 0.401 e. The van der Waals surface area contributed by atoms with E-state index < -0.39 is 12.7 Å². The van der Waals surface area contributed by atoms with Gasteiger partial charge in [0.1, 0.15) is 0 Å². The SMILES string of the molecule is CC(CCNC(C)(C)C)N1CCN(CC(F)(F)F)CC1. The van der Waals surface area contributed by atoms with E-state index in [4.69, 9.17) is 0 Å². The summed E-state index contributed by atoms with van der Waals surface area (Å²) >= 11 is 0. The van der Waals surface area contributed by atoms with Crippen molar-refractivity contribution in [1.82, 2.24) is 15.1 Å². The minimum atomic E-state index is -4.08. The molecule has 0 spiro atoms. The summed E-state index contributed by atoms with van der Waals surface area (Å²) in [4.78, 5) is 3.79. The largest absolute Gasteiger partial charge is 0.401 e. The van der Waals surface area contributed by atoms with Gasteiger partial charge in [0, 0.05) is 37.8 Å². The summed E-state index contributed by atoms with van der Waals surface area (Å²) in [5, 5.41) is 3.45. The Morgan fingerprint density at radius 2 is 1.60 bits per heavy atom. The Bertz CT molecular complexity index is 278. The Morgan fingerprint density at radius 3 is 2.05 bits per heavy atom. The molecule has 1 fully saturated rings. The van der Waals surface area contributed by atoms with Crippen molar-refractivity contribution in [2.45, 2.75) is 51.9 Å². The Hall–Kier alpha value is -0.330. The van der Waals surface area contributed by atoms with Gasteiger partial charge in [-0.3, -0.25) is 9.80 Å². The Kier molecular flexibility index (Phi) is 6.28. The van der Waals surface area contributed by atoms with Gasteiger partial charge in [0.25, 0.3) is 0 Å². The minimum absolute atomic E-state index is 0.116. The highest BCUT2D eigenvalue weighted by Crippen LogP contribution is 2.18. The van der Waals surface area contributed by atoms with E-state index in [0.717, 1.165) is 26.1 Å². The van der Waals surface area contributed by atoms with Gasteiger partial charge in [0.05, 0.1) is 6.54 Å². The molecule has 0 aliphatic carbocycles. The quantitative estimate of drug-likeness (QED) is 0.840. The molecule has 1 saturated heterocycles. The third-order valence-corrected chi connectivity index (χ3v) is 3.65. The number of nitrogens with one attached hydrogen (secondary N) is 1. The first-order valence-corrected chi connectivity index (χ1v) is 7.35. The summed E-state index contributed by atoms with van der Waals surface area (Å²) in [5.41, 5.74) is 0.116. The van der Waals surface area contributed by atoms with Crippen LogP contribution in [0.1, 0.15) is 34.1 Å². The van der Waals surface area contributed by atoms with E-state index in [0.29, 0.717) is 19.1 Å². The highest BCUT2D eigenvalue weighted by atomic mass is 19.4. The van der Waals surface area contributed by atoms with Crippen molar-refractivity contribution in [2.24, 2.45) is 0 Å². The lowest BCUT2D eigenvalue weighted by Crippen LogP contribution is -2.52. The van der Waals surface area contributed by atoms with Crippen molar-refractivity contribution in [3.8, 4) is 0 Å². The maximum absolute atomic E-state index is 12.3. The van der Waals surface area contributed by atoms with Crippen LogP contribution in [0, 0.1) is 0 Å². The van der Waals surface area contributed by atoms with Crippen molar-refractivity contribution < 1.29 is 13.2 Å². The monoisotopic (exact) mass is 295 g/mol. The molecule has 1 aliphatic heterocycles. The molecule has 20 heavy (non-hydrogen) atoms.